The molecule has 0 atom stereocenters. The normalized spacial score (nSPS) is 12.2. The summed E-state index contributed by atoms with van der Waals surface area (Å²) in [7, 11) is 0. The highest BCUT2D eigenvalue weighted by molar-refractivity contribution is 6.14. The van der Waals surface area contributed by atoms with Gasteiger partial charge in [0.25, 0.3) is 0 Å². The first-order valence-electron chi connectivity index (χ1n) is 11.0. The van der Waals surface area contributed by atoms with Crippen LogP contribution >= 0.6 is 0 Å². The third-order valence-corrected chi connectivity index (χ3v) is 6.06. The molecule has 0 radical (unpaired) electrons. The van der Waals surface area contributed by atoms with Gasteiger partial charge in [-0.25, -0.2) is 0 Å². The van der Waals surface area contributed by atoms with Crippen LogP contribution in [0.15, 0.2) is 131 Å². The van der Waals surface area contributed by atoms with E-state index in [2.05, 4.69) is 12.1 Å². The molecule has 0 bridgehead atoms. The molecule has 156 valence electrons. The van der Waals surface area contributed by atoms with E-state index in [4.69, 9.17) is 4.42 Å². The molecular weight excluding hydrogens is 404 g/mol. The van der Waals surface area contributed by atoms with E-state index in [0.29, 0.717) is 22.6 Å². The molecule has 1 aliphatic carbocycles. The molecule has 33 heavy (non-hydrogen) atoms. The zero-order valence-corrected chi connectivity index (χ0v) is 17.9. The Morgan fingerprint density at radius 3 is 1.33 bits per heavy atom. The van der Waals surface area contributed by atoms with Crippen molar-refractivity contribution in [3.8, 4) is 22.5 Å². The quantitative estimate of drug-likeness (QED) is 0.297. The van der Waals surface area contributed by atoms with E-state index >= 15 is 0 Å². The molecule has 0 fully saturated rings. The second-order valence-corrected chi connectivity index (χ2v) is 8.05. The van der Waals surface area contributed by atoms with Crippen LogP contribution in [0.2, 0.25) is 0 Å². The fourth-order valence-electron chi connectivity index (χ4n) is 4.55. The van der Waals surface area contributed by atoms with Crippen molar-refractivity contribution in [3.05, 3.63) is 154 Å². The summed E-state index contributed by atoms with van der Waals surface area (Å²) >= 11 is 0. The molecule has 6 rings (SSSR count). The Bertz CT molecular complexity index is 1530. The van der Waals surface area contributed by atoms with Crippen LogP contribution in [0.1, 0.15) is 22.5 Å². The third-order valence-electron chi connectivity index (χ3n) is 6.06. The lowest BCUT2D eigenvalue weighted by Gasteiger charge is -2.28. The molecule has 2 heteroatoms. The predicted molar refractivity (Wildman–Crippen MR) is 134 cm³/mol. The van der Waals surface area contributed by atoms with Gasteiger partial charge in [0.05, 0.1) is 11.1 Å². The highest BCUT2D eigenvalue weighted by Crippen LogP contribution is 2.48. The van der Waals surface area contributed by atoms with Crippen LogP contribution in [0.25, 0.3) is 33.6 Å². The van der Waals surface area contributed by atoms with Crippen LogP contribution in [0.5, 0.6) is 0 Å². The van der Waals surface area contributed by atoms with Gasteiger partial charge in [-0.15, -0.1) is 0 Å². The smallest absolute Gasteiger partial charge is 0.201 e. The second kappa shape index (κ2) is 7.92. The third kappa shape index (κ3) is 3.16. The standard InChI is InChI=1S/C31H20O2/c32-29-27(23-17-9-3-10-18-23)30(24-19-11-4-12-20-24)33-31-26(22-15-7-2-8-16-22)25(28(29)31)21-13-5-1-6-14-21/h1-20H. The van der Waals surface area contributed by atoms with Crippen molar-refractivity contribution in [1.82, 2.24) is 0 Å². The number of fused-ring (bicyclic) bond motifs is 1. The van der Waals surface area contributed by atoms with E-state index in [1.165, 1.54) is 0 Å². The Balaban J connectivity index is 1.69. The molecule has 1 heterocycles. The van der Waals surface area contributed by atoms with Gasteiger partial charge in [0.1, 0.15) is 11.5 Å². The summed E-state index contributed by atoms with van der Waals surface area (Å²) in [6, 6.07) is 39.9. The zero-order valence-electron chi connectivity index (χ0n) is 17.9. The van der Waals surface area contributed by atoms with Gasteiger partial charge in [0, 0.05) is 16.7 Å². The van der Waals surface area contributed by atoms with Crippen LogP contribution in [-0.2, 0) is 0 Å². The Hall–Kier alpha value is -4.43. The van der Waals surface area contributed by atoms with E-state index in [1.54, 1.807) is 0 Å². The molecule has 0 saturated heterocycles. The Morgan fingerprint density at radius 1 is 0.394 bits per heavy atom. The minimum absolute atomic E-state index is 0.000151. The summed E-state index contributed by atoms with van der Waals surface area (Å²) in [5.74, 6) is 1.26. The summed E-state index contributed by atoms with van der Waals surface area (Å²) in [6.07, 6.45) is 0. The Kier molecular flexibility index (Phi) is 4.63. The first-order valence-corrected chi connectivity index (χ1v) is 11.0. The molecule has 0 N–H and O–H groups in total. The molecule has 1 aromatic heterocycles. The molecule has 0 unspecified atom stereocenters. The van der Waals surface area contributed by atoms with E-state index < -0.39 is 0 Å². The Morgan fingerprint density at radius 2 is 0.818 bits per heavy atom. The molecule has 0 saturated carbocycles. The minimum Gasteiger partial charge on any atom is -0.454 e. The van der Waals surface area contributed by atoms with Crippen molar-refractivity contribution < 1.29 is 4.42 Å². The first-order chi connectivity index (χ1) is 16.3. The summed E-state index contributed by atoms with van der Waals surface area (Å²) in [4.78, 5) is 14.1. The van der Waals surface area contributed by atoms with Crippen molar-refractivity contribution in [3.63, 3.8) is 0 Å². The van der Waals surface area contributed by atoms with Gasteiger partial charge in [0.2, 0.25) is 5.43 Å². The summed E-state index contributed by atoms with van der Waals surface area (Å²) in [5, 5.41) is 0. The second-order valence-electron chi connectivity index (χ2n) is 8.05. The maximum absolute atomic E-state index is 14.1. The van der Waals surface area contributed by atoms with Gasteiger partial charge in [-0.2, -0.15) is 0 Å². The predicted octanol–water partition coefficient (Wildman–Crippen LogP) is 7.29. The topological polar surface area (TPSA) is 30.2 Å². The van der Waals surface area contributed by atoms with Crippen molar-refractivity contribution >= 4 is 11.1 Å². The van der Waals surface area contributed by atoms with Gasteiger partial charge >= 0.3 is 0 Å². The maximum Gasteiger partial charge on any atom is 0.201 e. The SMILES string of the molecule is O=c1c2c(oc(-c3ccccc3)c1-c1ccccc1)C(c1ccccc1)=C2c1ccccc1. The van der Waals surface area contributed by atoms with Crippen molar-refractivity contribution in [2.45, 2.75) is 0 Å². The van der Waals surface area contributed by atoms with Crippen LogP contribution in [-0.4, -0.2) is 0 Å². The molecule has 5 aromatic rings. The number of benzene rings is 4. The lowest BCUT2D eigenvalue weighted by molar-refractivity contribution is 0.545. The number of rotatable bonds is 4. The van der Waals surface area contributed by atoms with Crippen molar-refractivity contribution in [1.29, 1.82) is 0 Å². The molecule has 2 nitrogen and oxygen atoms in total. The molecule has 4 aromatic carbocycles. The van der Waals surface area contributed by atoms with Gasteiger partial charge in [-0.1, -0.05) is 121 Å². The molecule has 1 aliphatic rings. The van der Waals surface area contributed by atoms with E-state index in [9.17, 15) is 4.79 Å². The average molecular weight is 424 g/mol. The molecule has 0 aliphatic heterocycles. The van der Waals surface area contributed by atoms with Crippen molar-refractivity contribution in [2.24, 2.45) is 0 Å². The largest absolute Gasteiger partial charge is 0.454 e. The lowest BCUT2D eigenvalue weighted by Crippen LogP contribution is -2.23. The Labute approximate surface area is 192 Å². The molecular formula is C31H20O2. The first kappa shape index (κ1) is 19.3. The van der Waals surface area contributed by atoms with E-state index in [1.807, 2.05) is 109 Å². The van der Waals surface area contributed by atoms with Crippen molar-refractivity contribution in [2.75, 3.05) is 0 Å². The fraction of sp³-hybridized carbons (Fsp3) is 0. The van der Waals surface area contributed by atoms with Gasteiger partial charge in [-0.05, 0) is 16.7 Å². The highest BCUT2D eigenvalue weighted by Gasteiger charge is 2.36. The number of hydrogen-bond acceptors (Lipinski definition) is 2. The molecule has 0 spiro atoms. The lowest BCUT2D eigenvalue weighted by atomic mass is 9.76. The van der Waals surface area contributed by atoms with Crippen LogP contribution in [0.3, 0.4) is 0 Å². The minimum atomic E-state index is -0.000151. The van der Waals surface area contributed by atoms with E-state index in [-0.39, 0.29) is 5.43 Å². The summed E-state index contributed by atoms with van der Waals surface area (Å²) < 4.78 is 6.61. The summed E-state index contributed by atoms with van der Waals surface area (Å²) in [6.45, 7) is 0. The van der Waals surface area contributed by atoms with Crippen LogP contribution in [0.4, 0.5) is 0 Å². The van der Waals surface area contributed by atoms with E-state index in [0.717, 1.165) is 33.4 Å². The average Bonchev–Trinajstić information content (AvgIpc) is 2.87. The molecule has 0 amide bonds. The monoisotopic (exact) mass is 424 g/mol. The van der Waals surface area contributed by atoms with Crippen LogP contribution < -0.4 is 5.43 Å². The fourth-order valence-corrected chi connectivity index (χ4v) is 4.55. The summed E-state index contributed by atoms with van der Waals surface area (Å²) in [5.41, 5.74) is 6.97. The van der Waals surface area contributed by atoms with Crippen LogP contribution in [0, 0.1) is 0 Å². The van der Waals surface area contributed by atoms with Gasteiger partial charge in [-0.3, -0.25) is 4.79 Å². The highest BCUT2D eigenvalue weighted by atomic mass is 16.3. The van der Waals surface area contributed by atoms with Gasteiger partial charge in [0.15, 0.2) is 0 Å². The maximum atomic E-state index is 14.1. The zero-order chi connectivity index (χ0) is 22.2. The van der Waals surface area contributed by atoms with Gasteiger partial charge < -0.3 is 4.42 Å². The number of hydrogen-bond donors (Lipinski definition) is 0.